The molecule has 3 rings (SSSR count). The van der Waals surface area contributed by atoms with E-state index in [1.165, 1.54) is 0 Å². The van der Waals surface area contributed by atoms with Gasteiger partial charge in [-0.15, -0.1) is 0 Å². The summed E-state index contributed by atoms with van der Waals surface area (Å²) in [7, 11) is 2.13. The van der Waals surface area contributed by atoms with Crippen molar-refractivity contribution in [3.05, 3.63) is 48.0 Å². The molecule has 2 aromatic carbocycles. The Hall–Kier alpha value is -1.71. The van der Waals surface area contributed by atoms with Gasteiger partial charge in [0.2, 0.25) is 0 Å². The molecule has 0 spiro atoms. The van der Waals surface area contributed by atoms with Gasteiger partial charge in [-0.2, -0.15) is 0 Å². The number of likely N-dealkylation sites (N-methyl/N-ethyl adjacent to an activating group) is 1. The number of carbonyl (C=O) groups excluding carboxylic acids is 1. The number of ketones is 1. The number of hydrogen-bond donors (Lipinski definition) is 0. The van der Waals surface area contributed by atoms with Crippen LogP contribution < -0.4 is 0 Å². The van der Waals surface area contributed by atoms with Gasteiger partial charge in [-0.25, -0.2) is 0 Å². The number of benzene rings is 2. The second-order valence-corrected chi connectivity index (χ2v) is 5.53. The molecule has 0 unspecified atom stereocenters. The second-order valence-electron chi connectivity index (χ2n) is 5.53. The molecule has 1 heterocycles. The lowest BCUT2D eigenvalue weighted by Crippen LogP contribution is -2.46. The van der Waals surface area contributed by atoms with Gasteiger partial charge in [0.1, 0.15) is 0 Å². The first-order valence-corrected chi connectivity index (χ1v) is 7.16. The van der Waals surface area contributed by atoms with Crippen molar-refractivity contribution in [2.45, 2.75) is 0 Å². The molecule has 20 heavy (non-hydrogen) atoms. The summed E-state index contributed by atoms with van der Waals surface area (Å²) in [6, 6.07) is 14.1. The summed E-state index contributed by atoms with van der Waals surface area (Å²) >= 11 is 0. The Balaban J connectivity index is 1.79. The minimum absolute atomic E-state index is 0.228. The smallest absolute Gasteiger partial charge is 0.177 e. The van der Waals surface area contributed by atoms with E-state index < -0.39 is 0 Å². The maximum Gasteiger partial charge on any atom is 0.177 e. The van der Waals surface area contributed by atoms with E-state index in [0.29, 0.717) is 6.54 Å². The number of hydrogen-bond acceptors (Lipinski definition) is 3. The molecule has 1 saturated heterocycles. The SMILES string of the molecule is CN1CCN(CC(=O)c2cccc3ccccc23)CC1. The quantitative estimate of drug-likeness (QED) is 0.798. The molecule has 0 radical (unpaired) electrons. The third-order valence-corrected chi connectivity index (χ3v) is 4.05. The molecule has 3 nitrogen and oxygen atoms in total. The third kappa shape index (κ3) is 2.74. The minimum atomic E-state index is 0.228. The summed E-state index contributed by atoms with van der Waals surface area (Å²) in [6.07, 6.45) is 0. The molecule has 1 fully saturated rings. The molecule has 3 heteroatoms. The fourth-order valence-electron chi connectivity index (χ4n) is 2.76. The van der Waals surface area contributed by atoms with Crippen molar-refractivity contribution in [2.75, 3.05) is 39.8 Å². The zero-order valence-corrected chi connectivity index (χ0v) is 11.9. The molecule has 2 aromatic rings. The first kappa shape index (κ1) is 13.3. The van der Waals surface area contributed by atoms with Crippen molar-refractivity contribution in [3.8, 4) is 0 Å². The summed E-state index contributed by atoms with van der Waals surface area (Å²) in [5, 5.41) is 2.20. The number of piperazine rings is 1. The van der Waals surface area contributed by atoms with Crippen LogP contribution in [-0.2, 0) is 0 Å². The highest BCUT2D eigenvalue weighted by atomic mass is 16.1. The molecule has 0 atom stereocenters. The van der Waals surface area contributed by atoms with Gasteiger partial charge in [0.25, 0.3) is 0 Å². The fourth-order valence-corrected chi connectivity index (χ4v) is 2.76. The number of carbonyl (C=O) groups is 1. The molecule has 1 aliphatic heterocycles. The maximum absolute atomic E-state index is 12.6. The van der Waals surface area contributed by atoms with Gasteiger partial charge in [0, 0.05) is 31.7 Å². The van der Waals surface area contributed by atoms with Crippen molar-refractivity contribution in [3.63, 3.8) is 0 Å². The van der Waals surface area contributed by atoms with E-state index in [2.05, 4.69) is 29.0 Å². The molecule has 0 aliphatic carbocycles. The van der Waals surface area contributed by atoms with Crippen LogP contribution in [0, 0.1) is 0 Å². The van der Waals surface area contributed by atoms with Gasteiger partial charge in [-0.1, -0.05) is 42.5 Å². The topological polar surface area (TPSA) is 23.6 Å². The highest BCUT2D eigenvalue weighted by Gasteiger charge is 2.18. The lowest BCUT2D eigenvalue weighted by Gasteiger charge is -2.31. The van der Waals surface area contributed by atoms with E-state index >= 15 is 0 Å². The van der Waals surface area contributed by atoms with Crippen LogP contribution in [0.15, 0.2) is 42.5 Å². The summed E-state index contributed by atoms with van der Waals surface area (Å²) < 4.78 is 0. The van der Waals surface area contributed by atoms with Crippen LogP contribution in [-0.4, -0.2) is 55.4 Å². The second kappa shape index (κ2) is 5.73. The zero-order chi connectivity index (χ0) is 13.9. The summed E-state index contributed by atoms with van der Waals surface area (Å²) in [6.45, 7) is 4.58. The van der Waals surface area contributed by atoms with E-state index in [1.807, 2.05) is 30.3 Å². The van der Waals surface area contributed by atoms with Crippen molar-refractivity contribution in [2.24, 2.45) is 0 Å². The minimum Gasteiger partial charge on any atom is -0.304 e. The van der Waals surface area contributed by atoms with E-state index in [4.69, 9.17) is 0 Å². The van der Waals surface area contributed by atoms with Gasteiger partial charge < -0.3 is 4.90 Å². The van der Waals surface area contributed by atoms with E-state index in [0.717, 1.165) is 42.5 Å². The molecular weight excluding hydrogens is 248 g/mol. The first-order chi connectivity index (χ1) is 9.74. The Morgan fingerprint density at radius 1 is 1.00 bits per heavy atom. The lowest BCUT2D eigenvalue weighted by molar-refractivity contribution is 0.0878. The molecule has 1 aliphatic rings. The van der Waals surface area contributed by atoms with E-state index in [-0.39, 0.29) is 5.78 Å². The standard InChI is InChI=1S/C17H20N2O/c1-18-9-11-19(12-10-18)13-17(20)16-8-4-6-14-5-2-3-7-15(14)16/h2-8H,9-13H2,1H3. The van der Waals surface area contributed by atoms with Crippen molar-refractivity contribution in [1.29, 1.82) is 0 Å². The van der Waals surface area contributed by atoms with Gasteiger partial charge in [-0.05, 0) is 17.8 Å². The number of nitrogens with zero attached hydrogens (tertiary/aromatic N) is 2. The largest absolute Gasteiger partial charge is 0.304 e. The fraction of sp³-hybridized carbons (Fsp3) is 0.353. The monoisotopic (exact) mass is 268 g/mol. The molecule has 0 amide bonds. The Kier molecular flexibility index (Phi) is 3.81. The Labute approximate surface area is 119 Å². The Morgan fingerprint density at radius 2 is 1.70 bits per heavy atom. The van der Waals surface area contributed by atoms with Crippen LogP contribution in [0.5, 0.6) is 0 Å². The number of Topliss-reactive ketones (excluding diaryl/α,β-unsaturated/α-hetero) is 1. The van der Waals surface area contributed by atoms with Crippen LogP contribution in [0.4, 0.5) is 0 Å². The van der Waals surface area contributed by atoms with Crippen LogP contribution in [0.25, 0.3) is 10.8 Å². The molecule has 0 bridgehead atoms. The molecule has 0 saturated carbocycles. The molecular formula is C17H20N2O. The average molecular weight is 268 g/mol. The van der Waals surface area contributed by atoms with Gasteiger partial charge >= 0.3 is 0 Å². The Bertz CT molecular complexity index is 610. The molecule has 0 aromatic heterocycles. The summed E-state index contributed by atoms with van der Waals surface area (Å²) in [5.41, 5.74) is 0.849. The first-order valence-electron chi connectivity index (χ1n) is 7.16. The van der Waals surface area contributed by atoms with E-state index in [1.54, 1.807) is 0 Å². The Morgan fingerprint density at radius 3 is 2.50 bits per heavy atom. The summed E-state index contributed by atoms with van der Waals surface area (Å²) in [4.78, 5) is 17.1. The zero-order valence-electron chi connectivity index (χ0n) is 11.9. The predicted molar refractivity (Wildman–Crippen MR) is 82.2 cm³/mol. The van der Waals surface area contributed by atoms with Crippen LogP contribution in [0.1, 0.15) is 10.4 Å². The highest BCUT2D eigenvalue weighted by molar-refractivity contribution is 6.09. The van der Waals surface area contributed by atoms with Crippen LogP contribution >= 0.6 is 0 Å². The maximum atomic E-state index is 12.6. The summed E-state index contributed by atoms with van der Waals surface area (Å²) in [5.74, 6) is 0.228. The average Bonchev–Trinajstić information content (AvgIpc) is 2.49. The number of fused-ring (bicyclic) bond motifs is 1. The van der Waals surface area contributed by atoms with E-state index in [9.17, 15) is 4.79 Å². The van der Waals surface area contributed by atoms with Crippen LogP contribution in [0.2, 0.25) is 0 Å². The highest BCUT2D eigenvalue weighted by Crippen LogP contribution is 2.19. The molecule has 0 N–H and O–H groups in total. The molecule has 104 valence electrons. The van der Waals surface area contributed by atoms with Gasteiger partial charge in [-0.3, -0.25) is 9.69 Å². The van der Waals surface area contributed by atoms with Crippen molar-refractivity contribution in [1.82, 2.24) is 9.80 Å². The van der Waals surface area contributed by atoms with Gasteiger partial charge in [0.05, 0.1) is 6.54 Å². The predicted octanol–water partition coefficient (Wildman–Crippen LogP) is 2.27. The van der Waals surface area contributed by atoms with Crippen LogP contribution in [0.3, 0.4) is 0 Å². The number of rotatable bonds is 3. The van der Waals surface area contributed by atoms with Gasteiger partial charge in [0.15, 0.2) is 5.78 Å². The normalized spacial score (nSPS) is 17.4. The third-order valence-electron chi connectivity index (χ3n) is 4.05. The lowest BCUT2D eigenvalue weighted by atomic mass is 10.0. The van der Waals surface area contributed by atoms with Crippen molar-refractivity contribution >= 4 is 16.6 Å². The van der Waals surface area contributed by atoms with Crippen molar-refractivity contribution < 1.29 is 4.79 Å².